The lowest BCUT2D eigenvalue weighted by Gasteiger charge is -2.36. The van der Waals surface area contributed by atoms with E-state index in [1.165, 1.54) is 28.6 Å². The Morgan fingerprint density at radius 3 is 2.07 bits per heavy atom. The molecule has 2 heterocycles. The average Bonchev–Trinajstić information content (AvgIpc) is 3.08. The first kappa shape index (κ1) is 20.8. The monoisotopic (exact) mass is 447 g/mol. The van der Waals surface area contributed by atoms with E-state index in [1.807, 2.05) is 25.1 Å². The summed E-state index contributed by atoms with van der Waals surface area (Å²) in [6, 6.07) is 11.6. The van der Waals surface area contributed by atoms with Gasteiger partial charge in [0, 0.05) is 49.7 Å². The van der Waals surface area contributed by atoms with Crippen LogP contribution in [0.4, 0.5) is 11.4 Å². The van der Waals surface area contributed by atoms with Crippen LogP contribution in [0.3, 0.4) is 0 Å². The highest BCUT2D eigenvalue weighted by Crippen LogP contribution is 2.28. The number of imide groups is 1. The van der Waals surface area contributed by atoms with Crippen LogP contribution in [0, 0.1) is 6.92 Å². The maximum atomic E-state index is 13.1. The molecule has 0 radical (unpaired) electrons. The first-order valence-electron chi connectivity index (χ1n) is 9.74. The molecular formula is C21H22ClN3O4S. The van der Waals surface area contributed by atoms with Crippen molar-refractivity contribution in [2.75, 3.05) is 36.0 Å². The minimum Gasteiger partial charge on any atom is -0.369 e. The second kappa shape index (κ2) is 8.02. The van der Waals surface area contributed by atoms with Gasteiger partial charge in [0.15, 0.2) is 0 Å². The molecule has 2 saturated heterocycles. The van der Waals surface area contributed by atoms with Crippen LogP contribution >= 0.6 is 11.6 Å². The van der Waals surface area contributed by atoms with Gasteiger partial charge >= 0.3 is 0 Å². The highest BCUT2D eigenvalue weighted by atomic mass is 35.5. The Morgan fingerprint density at radius 1 is 0.867 bits per heavy atom. The molecule has 0 bridgehead atoms. The summed E-state index contributed by atoms with van der Waals surface area (Å²) >= 11 is 6.12. The lowest BCUT2D eigenvalue weighted by Crippen LogP contribution is -2.48. The van der Waals surface area contributed by atoms with Crippen molar-refractivity contribution >= 4 is 44.8 Å². The smallest absolute Gasteiger partial charge is 0.243 e. The van der Waals surface area contributed by atoms with Crippen molar-refractivity contribution in [3.8, 4) is 0 Å². The zero-order valence-electron chi connectivity index (χ0n) is 16.5. The van der Waals surface area contributed by atoms with Gasteiger partial charge in [-0.2, -0.15) is 4.31 Å². The molecule has 7 nitrogen and oxygen atoms in total. The predicted molar refractivity (Wildman–Crippen MR) is 115 cm³/mol. The standard InChI is InChI=1S/C21H22ClN3O4S/c1-15-2-3-16(22)14-19(15)23-10-12-24(13-11-23)30(28,29)18-6-4-17(5-7-18)25-20(26)8-9-21(25)27/h2-7,14H,8-13H2,1H3. The SMILES string of the molecule is Cc1ccc(Cl)cc1N1CCN(S(=O)(=O)c2ccc(N3C(=O)CCC3=O)cc2)CC1. The molecule has 158 valence electrons. The maximum absolute atomic E-state index is 13.1. The van der Waals surface area contributed by atoms with Gasteiger partial charge in [-0.15, -0.1) is 0 Å². The van der Waals surface area contributed by atoms with Crippen molar-refractivity contribution in [1.29, 1.82) is 0 Å². The molecule has 2 amide bonds. The van der Waals surface area contributed by atoms with Gasteiger partial charge in [-0.1, -0.05) is 17.7 Å². The molecule has 0 saturated carbocycles. The summed E-state index contributed by atoms with van der Waals surface area (Å²) in [5.74, 6) is -0.522. The number of amides is 2. The van der Waals surface area contributed by atoms with Crippen molar-refractivity contribution in [2.45, 2.75) is 24.7 Å². The first-order chi connectivity index (χ1) is 14.3. The normalized spacial score (nSPS) is 18.3. The number of carbonyl (C=O) groups excluding carboxylic acids is 2. The number of piperazine rings is 1. The topological polar surface area (TPSA) is 78.0 Å². The predicted octanol–water partition coefficient (Wildman–Crippen LogP) is 2.81. The third-order valence-electron chi connectivity index (χ3n) is 5.53. The minimum absolute atomic E-state index is 0.151. The van der Waals surface area contributed by atoms with Gasteiger partial charge < -0.3 is 4.90 Å². The number of carbonyl (C=O) groups is 2. The zero-order valence-corrected chi connectivity index (χ0v) is 18.1. The average molecular weight is 448 g/mol. The van der Waals surface area contributed by atoms with Gasteiger partial charge in [0.1, 0.15) is 0 Å². The van der Waals surface area contributed by atoms with E-state index in [0.717, 1.165) is 16.2 Å². The van der Waals surface area contributed by atoms with Crippen LogP contribution in [0.5, 0.6) is 0 Å². The second-order valence-electron chi connectivity index (χ2n) is 7.44. The van der Waals surface area contributed by atoms with E-state index in [0.29, 0.717) is 36.9 Å². The Kier molecular flexibility index (Phi) is 5.57. The molecule has 0 spiro atoms. The molecule has 0 N–H and O–H groups in total. The van der Waals surface area contributed by atoms with Gasteiger partial charge in [0.05, 0.1) is 10.6 Å². The number of nitrogens with zero attached hydrogens (tertiary/aromatic N) is 3. The minimum atomic E-state index is -3.66. The Hall–Kier alpha value is -2.42. The number of benzene rings is 2. The molecule has 0 aliphatic carbocycles. The van der Waals surface area contributed by atoms with Crippen LogP contribution in [0.15, 0.2) is 47.4 Å². The third-order valence-corrected chi connectivity index (χ3v) is 7.68. The number of halogens is 1. The molecule has 2 fully saturated rings. The maximum Gasteiger partial charge on any atom is 0.243 e. The van der Waals surface area contributed by atoms with E-state index >= 15 is 0 Å². The Bertz CT molecular complexity index is 1080. The third kappa shape index (κ3) is 3.82. The Balaban J connectivity index is 1.47. The number of rotatable bonds is 4. The molecule has 2 aliphatic heterocycles. The summed E-state index contributed by atoms with van der Waals surface area (Å²) in [5, 5.41) is 0.653. The molecule has 4 rings (SSSR count). The van der Waals surface area contributed by atoms with Crippen molar-refractivity contribution in [1.82, 2.24) is 4.31 Å². The highest BCUT2D eigenvalue weighted by molar-refractivity contribution is 7.89. The summed E-state index contributed by atoms with van der Waals surface area (Å²) in [7, 11) is -3.66. The summed E-state index contributed by atoms with van der Waals surface area (Å²) < 4.78 is 27.6. The summed E-state index contributed by atoms with van der Waals surface area (Å²) in [6.45, 7) is 3.86. The Labute approximate surface area is 180 Å². The molecule has 0 atom stereocenters. The zero-order chi connectivity index (χ0) is 21.5. The molecule has 30 heavy (non-hydrogen) atoms. The van der Waals surface area contributed by atoms with Crippen molar-refractivity contribution in [3.63, 3.8) is 0 Å². The van der Waals surface area contributed by atoms with E-state index < -0.39 is 10.0 Å². The number of hydrogen-bond acceptors (Lipinski definition) is 5. The molecular weight excluding hydrogens is 426 g/mol. The fourth-order valence-corrected chi connectivity index (χ4v) is 5.46. The van der Waals surface area contributed by atoms with Crippen LogP contribution < -0.4 is 9.80 Å². The number of anilines is 2. The first-order valence-corrected chi connectivity index (χ1v) is 11.6. The van der Waals surface area contributed by atoms with E-state index in [1.54, 1.807) is 0 Å². The van der Waals surface area contributed by atoms with Crippen molar-refractivity contribution in [2.24, 2.45) is 0 Å². The van der Waals surface area contributed by atoms with Crippen LogP contribution in [0.1, 0.15) is 18.4 Å². The number of sulfonamides is 1. The van der Waals surface area contributed by atoms with Crippen LogP contribution in [-0.4, -0.2) is 50.7 Å². The van der Waals surface area contributed by atoms with Gasteiger partial charge in [-0.05, 0) is 48.9 Å². The molecule has 0 aromatic heterocycles. The van der Waals surface area contributed by atoms with Gasteiger partial charge in [-0.3, -0.25) is 14.5 Å². The summed E-state index contributed by atoms with van der Waals surface area (Å²) in [5.41, 5.74) is 2.52. The van der Waals surface area contributed by atoms with Gasteiger partial charge in [0.2, 0.25) is 21.8 Å². The molecule has 2 aromatic rings. The van der Waals surface area contributed by atoms with E-state index in [2.05, 4.69) is 4.90 Å². The van der Waals surface area contributed by atoms with Gasteiger partial charge in [0.25, 0.3) is 0 Å². The fraction of sp³-hybridized carbons (Fsp3) is 0.333. The van der Waals surface area contributed by atoms with E-state index in [-0.39, 0.29) is 29.6 Å². The fourth-order valence-electron chi connectivity index (χ4n) is 3.87. The summed E-state index contributed by atoms with van der Waals surface area (Å²) in [4.78, 5) is 27.1. The van der Waals surface area contributed by atoms with E-state index in [4.69, 9.17) is 11.6 Å². The van der Waals surface area contributed by atoms with Crippen molar-refractivity contribution < 1.29 is 18.0 Å². The molecule has 2 aromatic carbocycles. The number of hydrogen-bond donors (Lipinski definition) is 0. The van der Waals surface area contributed by atoms with Crippen LogP contribution in [0.25, 0.3) is 0 Å². The molecule has 0 unspecified atom stereocenters. The quantitative estimate of drug-likeness (QED) is 0.673. The van der Waals surface area contributed by atoms with Crippen molar-refractivity contribution in [3.05, 3.63) is 53.1 Å². The van der Waals surface area contributed by atoms with Gasteiger partial charge in [-0.25, -0.2) is 8.42 Å². The number of aryl methyl sites for hydroxylation is 1. The molecule has 2 aliphatic rings. The lowest BCUT2D eigenvalue weighted by molar-refractivity contribution is -0.121. The van der Waals surface area contributed by atoms with Crippen LogP contribution in [-0.2, 0) is 19.6 Å². The largest absolute Gasteiger partial charge is 0.369 e. The van der Waals surface area contributed by atoms with Crippen LogP contribution in [0.2, 0.25) is 5.02 Å². The molecule has 9 heteroatoms. The second-order valence-corrected chi connectivity index (χ2v) is 9.81. The van der Waals surface area contributed by atoms with E-state index in [9.17, 15) is 18.0 Å². The highest BCUT2D eigenvalue weighted by Gasteiger charge is 2.32. The summed E-state index contributed by atoms with van der Waals surface area (Å²) in [6.07, 6.45) is 0.379. The lowest BCUT2D eigenvalue weighted by atomic mass is 10.1. The Morgan fingerprint density at radius 2 is 1.47 bits per heavy atom.